The molecule has 59 heavy (non-hydrogen) atoms. The van der Waals surface area contributed by atoms with Crippen LogP contribution in [0.3, 0.4) is 0 Å². The predicted molar refractivity (Wildman–Crippen MR) is 206 cm³/mol. The lowest BCUT2D eigenvalue weighted by Crippen LogP contribution is -2.70. The number of ether oxygens (including phenoxy) is 4. The maximum atomic E-state index is 14.5. The number of nitrogens with one attached hydrogen (secondary N) is 3. The average Bonchev–Trinajstić information content (AvgIpc) is 3.89. The molecule has 0 radical (unpaired) electrons. The van der Waals surface area contributed by atoms with Crippen molar-refractivity contribution in [3.05, 3.63) is 100 Å². The fourth-order valence-corrected chi connectivity index (χ4v) is 9.36. The molecule has 9 rings (SSSR count). The Morgan fingerprint density at radius 2 is 1.68 bits per heavy atom. The van der Waals surface area contributed by atoms with E-state index in [-0.39, 0.29) is 58.3 Å². The van der Waals surface area contributed by atoms with Gasteiger partial charge in [0.1, 0.15) is 61.4 Å². The largest absolute Gasteiger partial charge is 0.492 e. The highest BCUT2D eigenvalue weighted by molar-refractivity contribution is 6.29. The van der Waals surface area contributed by atoms with E-state index in [9.17, 15) is 39.6 Å². The standard InChI is InChI=1S/C42H45N5O12/c43-41-45-38-29(39(55)46-41)44-19-47(38)27-10-4-3-7-22(27)21-12-16-57-42(13-5-6-14-42)37-33(53)32(52)34(54)40(59-37)58-35-25(21)17-26-28(36(35)56-18-20(49)11-15-48)31(51)24-9-2-1-8-23(24)30(26)50/h1-4,7-10,12,15-17,20-21,29,32-34,37-38,40-41,44-45,49,52-54H,5-6,11,13-14,18-19,43H2,(H,46,55). The Balaban J connectivity index is 1.29. The maximum absolute atomic E-state index is 14.5. The first-order valence-corrected chi connectivity index (χ1v) is 19.8. The molecule has 4 fully saturated rings. The van der Waals surface area contributed by atoms with Crippen molar-refractivity contribution in [2.45, 2.75) is 98.9 Å². The van der Waals surface area contributed by atoms with Gasteiger partial charge >= 0.3 is 0 Å². The molecule has 4 aliphatic heterocycles. The van der Waals surface area contributed by atoms with Crippen molar-refractivity contribution in [3.8, 4) is 11.5 Å². The molecule has 9 N–H and O–H groups in total. The molecule has 3 aromatic carbocycles. The van der Waals surface area contributed by atoms with Crippen molar-refractivity contribution in [3.63, 3.8) is 0 Å². The van der Waals surface area contributed by atoms with Crippen molar-refractivity contribution >= 4 is 29.4 Å². The Morgan fingerprint density at radius 1 is 0.949 bits per heavy atom. The van der Waals surface area contributed by atoms with E-state index in [0.29, 0.717) is 30.4 Å². The number of allylic oxidation sites excluding steroid dienone is 1. The van der Waals surface area contributed by atoms with E-state index < -0.39 is 85.0 Å². The monoisotopic (exact) mass is 811 g/mol. The van der Waals surface area contributed by atoms with Crippen LogP contribution in [0.25, 0.3) is 0 Å². The van der Waals surface area contributed by atoms with E-state index in [2.05, 4.69) is 16.0 Å². The van der Waals surface area contributed by atoms with E-state index in [1.54, 1.807) is 24.3 Å². The van der Waals surface area contributed by atoms with E-state index >= 15 is 0 Å². The number of benzene rings is 3. The summed E-state index contributed by atoms with van der Waals surface area (Å²) in [6, 6.07) is 14.6. The lowest BCUT2D eigenvalue weighted by atomic mass is 9.79. The van der Waals surface area contributed by atoms with Crippen LogP contribution in [-0.4, -0.2) is 118 Å². The second kappa shape index (κ2) is 15.4. The summed E-state index contributed by atoms with van der Waals surface area (Å²) in [6.07, 6.45) is -4.96. The number of amides is 1. The number of aliphatic hydroxyl groups excluding tert-OH is 4. The molecule has 6 aliphatic rings. The summed E-state index contributed by atoms with van der Waals surface area (Å²) in [7, 11) is 0. The van der Waals surface area contributed by atoms with Crippen LogP contribution in [0.2, 0.25) is 0 Å². The minimum Gasteiger partial charge on any atom is -0.492 e. The Morgan fingerprint density at radius 3 is 2.44 bits per heavy atom. The zero-order valence-electron chi connectivity index (χ0n) is 31.7. The van der Waals surface area contributed by atoms with Gasteiger partial charge in [-0.2, -0.15) is 0 Å². The Kier molecular flexibility index (Phi) is 10.3. The van der Waals surface area contributed by atoms with Crippen LogP contribution in [-0.2, 0) is 19.1 Å². The summed E-state index contributed by atoms with van der Waals surface area (Å²) in [5, 5.41) is 54.1. The van der Waals surface area contributed by atoms with Gasteiger partial charge in [0.2, 0.25) is 12.2 Å². The van der Waals surface area contributed by atoms with E-state index in [1.807, 2.05) is 29.2 Å². The van der Waals surface area contributed by atoms with Gasteiger partial charge in [0.25, 0.3) is 0 Å². The molecule has 1 saturated carbocycles. The van der Waals surface area contributed by atoms with Crippen LogP contribution in [0.4, 0.5) is 5.69 Å². The number of fused-ring (bicyclic) bond motifs is 7. The molecule has 10 atom stereocenters. The van der Waals surface area contributed by atoms with Gasteiger partial charge in [-0.15, -0.1) is 0 Å². The summed E-state index contributed by atoms with van der Waals surface area (Å²) >= 11 is 0. The highest BCUT2D eigenvalue weighted by atomic mass is 16.7. The Bertz CT molecular complexity index is 2210. The summed E-state index contributed by atoms with van der Waals surface area (Å²) in [5.41, 5.74) is 6.56. The van der Waals surface area contributed by atoms with Gasteiger partial charge in [-0.05, 0) is 49.5 Å². The number of carbonyl (C=O) groups is 4. The molecule has 3 aromatic rings. The van der Waals surface area contributed by atoms with Gasteiger partial charge in [0.05, 0.1) is 24.6 Å². The molecule has 4 heterocycles. The quantitative estimate of drug-likeness (QED) is 0.114. The number of nitrogens with zero attached hydrogens (tertiary/aromatic N) is 1. The number of hydrogen-bond acceptors (Lipinski definition) is 16. The zero-order valence-corrected chi connectivity index (χ0v) is 31.7. The fourth-order valence-electron chi connectivity index (χ4n) is 9.36. The summed E-state index contributed by atoms with van der Waals surface area (Å²) < 4.78 is 25.9. The van der Waals surface area contributed by atoms with Crippen molar-refractivity contribution in [2.24, 2.45) is 5.73 Å². The highest BCUT2D eigenvalue weighted by Gasteiger charge is 2.56. The molecule has 17 heteroatoms. The number of hydrogen-bond donors (Lipinski definition) is 8. The Labute approximate surface area is 338 Å². The second-order valence-electron chi connectivity index (χ2n) is 15.8. The number of para-hydroxylation sites is 1. The molecule has 0 aromatic heterocycles. The fraction of sp³-hybridized carbons (Fsp3) is 0.429. The van der Waals surface area contributed by atoms with Gasteiger partial charge in [-0.3, -0.25) is 30.8 Å². The number of ketones is 2. The van der Waals surface area contributed by atoms with E-state index in [4.69, 9.17) is 24.7 Å². The summed E-state index contributed by atoms with van der Waals surface area (Å²) in [5.74, 6) is -2.70. The van der Waals surface area contributed by atoms with Gasteiger partial charge in [0.15, 0.2) is 23.1 Å². The number of carbonyl (C=O) groups excluding carboxylic acids is 4. The van der Waals surface area contributed by atoms with Gasteiger partial charge < -0.3 is 54.4 Å². The zero-order chi connectivity index (χ0) is 41.2. The van der Waals surface area contributed by atoms with Gasteiger partial charge in [-0.25, -0.2) is 0 Å². The summed E-state index contributed by atoms with van der Waals surface area (Å²) in [4.78, 5) is 55.4. The second-order valence-corrected chi connectivity index (χ2v) is 15.8. The van der Waals surface area contributed by atoms with Gasteiger partial charge in [0, 0.05) is 40.3 Å². The normalized spacial score (nSPS) is 31.1. The van der Waals surface area contributed by atoms with E-state index in [0.717, 1.165) is 12.8 Å². The van der Waals surface area contributed by atoms with Crippen LogP contribution in [0, 0.1) is 0 Å². The van der Waals surface area contributed by atoms with Crippen LogP contribution in [0.1, 0.15) is 81.0 Å². The molecule has 2 aliphatic carbocycles. The lowest BCUT2D eigenvalue weighted by molar-refractivity contribution is -0.304. The number of anilines is 1. The minimum absolute atomic E-state index is 0.0344. The van der Waals surface area contributed by atoms with Crippen LogP contribution >= 0.6 is 0 Å². The number of aliphatic hydroxyl groups is 4. The van der Waals surface area contributed by atoms with Gasteiger partial charge in [-0.1, -0.05) is 42.5 Å². The van der Waals surface area contributed by atoms with Crippen LogP contribution < -0.4 is 36.1 Å². The molecule has 2 bridgehead atoms. The first-order chi connectivity index (χ1) is 28.5. The molecular formula is C42H45N5O12. The van der Waals surface area contributed by atoms with Crippen molar-refractivity contribution in [1.82, 2.24) is 16.0 Å². The topological polar surface area (TPSA) is 251 Å². The third kappa shape index (κ3) is 6.58. The maximum Gasteiger partial charge on any atom is 0.242 e. The van der Waals surface area contributed by atoms with Crippen molar-refractivity contribution in [1.29, 1.82) is 0 Å². The highest BCUT2D eigenvalue weighted by Crippen LogP contribution is 2.50. The number of rotatable bonds is 7. The summed E-state index contributed by atoms with van der Waals surface area (Å²) in [6.45, 7) is -0.276. The predicted octanol–water partition coefficient (Wildman–Crippen LogP) is -0.0108. The van der Waals surface area contributed by atoms with Crippen LogP contribution in [0.5, 0.6) is 11.5 Å². The third-order valence-corrected chi connectivity index (χ3v) is 12.3. The van der Waals surface area contributed by atoms with Crippen LogP contribution in [0.15, 0.2) is 66.9 Å². The molecular weight excluding hydrogens is 766 g/mol. The smallest absolute Gasteiger partial charge is 0.242 e. The Hall–Kier alpha value is -5.24. The number of aldehydes is 1. The average molecular weight is 812 g/mol. The third-order valence-electron chi connectivity index (χ3n) is 12.3. The number of nitrogens with two attached hydrogens (primary N) is 1. The molecule has 310 valence electrons. The molecule has 1 amide bonds. The molecule has 3 saturated heterocycles. The van der Waals surface area contributed by atoms with E-state index in [1.165, 1.54) is 18.4 Å². The molecule has 10 unspecified atom stereocenters. The van der Waals surface area contributed by atoms with Crippen molar-refractivity contribution < 1.29 is 58.6 Å². The first-order valence-electron chi connectivity index (χ1n) is 19.8. The first kappa shape index (κ1) is 39.2. The molecule has 1 spiro atoms. The lowest BCUT2D eigenvalue weighted by Gasteiger charge is -2.47. The molecule has 17 nitrogen and oxygen atoms in total. The SMILES string of the molecule is NC1NC(=O)C2NCN(c3ccccc3C3C=COC4(CCCC4)C4OC(Oc5c3cc3c(c5OCC(O)CC=O)C(=O)c5ccccc5C3=O)C(O)C(O)C4O)C2N1. The minimum atomic E-state index is -1.82. The van der Waals surface area contributed by atoms with Crippen molar-refractivity contribution in [2.75, 3.05) is 18.2 Å².